The Balaban J connectivity index is 2.05. The lowest BCUT2D eigenvalue weighted by Gasteiger charge is -2.26. The molecule has 1 heterocycles. The van der Waals surface area contributed by atoms with E-state index in [1.54, 1.807) is 0 Å². The first-order valence-corrected chi connectivity index (χ1v) is 10.5. The van der Waals surface area contributed by atoms with E-state index in [1.165, 1.54) is 33.5 Å². The third-order valence-corrected chi connectivity index (χ3v) is 6.09. The summed E-state index contributed by atoms with van der Waals surface area (Å²) in [7, 11) is -3.72. The zero-order valence-electron chi connectivity index (χ0n) is 16.2. The molecule has 0 N–H and O–H groups in total. The van der Waals surface area contributed by atoms with Crippen molar-refractivity contribution in [2.45, 2.75) is 18.7 Å². The fourth-order valence-electron chi connectivity index (χ4n) is 2.72. The van der Waals surface area contributed by atoms with Crippen molar-refractivity contribution < 1.29 is 27.5 Å². The number of morpholine rings is 1. The van der Waals surface area contributed by atoms with Gasteiger partial charge in [0.15, 0.2) is 6.61 Å². The van der Waals surface area contributed by atoms with Crippen LogP contribution in [0, 0.1) is 0 Å². The summed E-state index contributed by atoms with van der Waals surface area (Å²) in [6.45, 7) is 9.04. The molecule has 1 aromatic rings. The van der Waals surface area contributed by atoms with Gasteiger partial charge in [-0.1, -0.05) is 18.2 Å². The molecule has 28 heavy (non-hydrogen) atoms. The number of rotatable bonds is 8. The van der Waals surface area contributed by atoms with Crippen molar-refractivity contribution in [1.82, 2.24) is 9.21 Å². The highest BCUT2D eigenvalue weighted by Crippen LogP contribution is 2.18. The van der Waals surface area contributed by atoms with Gasteiger partial charge in [-0.3, -0.25) is 4.79 Å². The number of carbonyl (C=O) groups excluding carboxylic acids is 2. The van der Waals surface area contributed by atoms with Gasteiger partial charge >= 0.3 is 5.97 Å². The predicted octanol–water partition coefficient (Wildman–Crippen LogP) is 1.29. The molecule has 0 aliphatic carbocycles. The Bertz CT molecular complexity index is 831. The fourth-order valence-corrected chi connectivity index (χ4v) is 4.18. The van der Waals surface area contributed by atoms with Gasteiger partial charge in [0.25, 0.3) is 5.91 Å². The predicted molar refractivity (Wildman–Crippen MR) is 103 cm³/mol. The van der Waals surface area contributed by atoms with E-state index in [0.29, 0.717) is 26.3 Å². The molecule has 1 aliphatic rings. The second-order valence-corrected chi connectivity index (χ2v) is 8.42. The van der Waals surface area contributed by atoms with Gasteiger partial charge in [0, 0.05) is 26.2 Å². The summed E-state index contributed by atoms with van der Waals surface area (Å²) in [5, 5.41) is 0. The molecule has 1 saturated heterocycles. The van der Waals surface area contributed by atoms with Crippen LogP contribution in [0.3, 0.4) is 0 Å². The maximum Gasteiger partial charge on any atom is 0.338 e. The Morgan fingerprint density at radius 1 is 1.29 bits per heavy atom. The largest absolute Gasteiger partial charge is 0.452 e. The van der Waals surface area contributed by atoms with Crippen LogP contribution in [0.5, 0.6) is 0 Å². The van der Waals surface area contributed by atoms with Crippen molar-refractivity contribution >= 4 is 21.9 Å². The minimum Gasteiger partial charge on any atom is -0.452 e. The number of ether oxygens (including phenoxy) is 2. The molecule has 1 aromatic carbocycles. The van der Waals surface area contributed by atoms with Gasteiger partial charge in [0.05, 0.1) is 23.7 Å². The normalized spacial score (nSPS) is 15.1. The Kier molecular flexibility index (Phi) is 7.73. The topological polar surface area (TPSA) is 93.2 Å². The average Bonchev–Trinajstić information content (AvgIpc) is 2.70. The highest BCUT2D eigenvalue weighted by Gasteiger charge is 2.27. The smallest absolute Gasteiger partial charge is 0.338 e. The maximum absolute atomic E-state index is 12.7. The van der Waals surface area contributed by atoms with E-state index >= 15 is 0 Å². The van der Waals surface area contributed by atoms with Gasteiger partial charge in [0.1, 0.15) is 0 Å². The standard InChI is InChI=1S/C19H26N2O6S/c1-4-20(13-15(2)3)18(22)14-27-19(23)16-6-5-7-17(12-16)28(24,25)21-8-10-26-11-9-21/h5-7,12H,2,4,8-11,13-14H2,1,3H3. The maximum atomic E-state index is 12.7. The summed E-state index contributed by atoms with van der Waals surface area (Å²) in [6, 6.07) is 5.63. The molecule has 0 spiro atoms. The number of nitrogens with zero attached hydrogens (tertiary/aromatic N) is 2. The molecule has 0 saturated carbocycles. The molecule has 8 nitrogen and oxygen atoms in total. The van der Waals surface area contributed by atoms with Crippen LogP contribution in [0.25, 0.3) is 0 Å². The second kappa shape index (κ2) is 9.81. The fraction of sp³-hybridized carbons (Fsp3) is 0.474. The molecule has 0 radical (unpaired) electrons. The molecule has 1 fully saturated rings. The summed E-state index contributed by atoms with van der Waals surface area (Å²) in [5.74, 6) is -1.09. The minimum atomic E-state index is -3.72. The zero-order valence-corrected chi connectivity index (χ0v) is 17.0. The van der Waals surface area contributed by atoms with Crippen LogP contribution in [-0.2, 0) is 24.3 Å². The Hall–Kier alpha value is -2.23. The van der Waals surface area contributed by atoms with E-state index in [2.05, 4.69) is 6.58 Å². The van der Waals surface area contributed by atoms with Crippen LogP contribution in [0.2, 0.25) is 0 Å². The number of hydrogen-bond donors (Lipinski definition) is 0. The summed E-state index contributed by atoms with van der Waals surface area (Å²) in [5.41, 5.74) is 0.896. The molecule has 1 amide bonds. The van der Waals surface area contributed by atoms with Gasteiger partial charge in [-0.25, -0.2) is 13.2 Å². The third kappa shape index (κ3) is 5.63. The highest BCUT2D eigenvalue weighted by molar-refractivity contribution is 7.89. The van der Waals surface area contributed by atoms with Crippen LogP contribution in [0.15, 0.2) is 41.3 Å². The first kappa shape index (κ1) is 22.1. The number of amides is 1. The van der Waals surface area contributed by atoms with E-state index in [-0.39, 0.29) is 29.5 Å². The van der Waals surface area contributed by atoms with Gasteiger partial charge < -0.3 is 14.4 Å². The summed E-state index contributed by atoms with van der Waals surface area (Å²) >= 11 is 0. The molecule has 2 rings (SSSR count). The van der Waals surface area contributed by atoms with Crippen LogP contribution >= 0.6 is 0 Å². The SMILES string of the molecule is C=C(C)CN(CC)C(=O)COC(=O)c1cccc(S(=O)(=O)N2CCOCC2)c1. The molecular weight excluding hydrogens is 384 g/mol. The Labute approximate surface area is 165 Å². The molecule has 9 heteroatoms. The quantitative estimate of drug-likeness (QED) is 0.474. The average molecular weight is 410 g/mol. The number of esters is 1. The molecule has 0 atom stereocenters. The van der Waals surface area contributed by atoms with E-state index in [9.17, 15) is 18.0 Å². The van der Waals surface area contributed by atoms with Crippen molar-refractivity contribution in [3.05, 3.63) is 42.0 Å². The minimum absolute atomic E-state index is 0.00708. The molecule has 0 unspecified atom stereocenters. The lowest BCUT2D eigenvalue weighted by Crippen LogP contribution is -2.40. The number of benzene rings is 1. The van der Waals surface area contributed by atoms with Gasteiger partial charge in [0.2, 0.25) is 10.0 Å². The van der Waals surface area contributed by atoms with Crippen molar-refractivity contribution in [3.8, 4) is 0 Å². The second-order valence-electron chi connectivity index (χ2n) is 6.49. The van der Waals surface area contributed by atoms with Crippen LogP contribution in [0.1, 0.15) is 24.2 Å². The third-order valence-electron chi connectivity index (χ3n) is 4.20. The van der Waals surface area contributed by atoms with E-state index in [1.807, 2.05) is 13.8 Å². The van der Waals surface area contributed by atoms with Gasteiger partial charge in [-0.2, -0.15) is 4.31 Å². The van der Waals surface area contributed by atoms with Crippen LogP contribution in [-0.4, -0.2) is 75.5 Å². The van der Waals surface area contributed by atoms with Gasteiger partial charge in [-0.05, 0) is 32.0 Å². The Morgan fingerprint density at radius 3 is 2.57 bits per heavy atom. The lowest BCUT2D eigenvalue weighted by atomic mass is 10.2. The molecular formula is C19H26N2O6S. The summed E-state index contributed by atoms with van der Waals surface area (Å²) in [6.07, 6.45) is 0. The van der Waals surface area contributed by atoms with E-state index in [4.69, 9.17) is 9.47 Å². The number of hydrogen-bond acceptors (Lipinski definition) is 6. The first-order valence-electron chi connectivity index (χ1n) is 9.03. The monoisotopic (exact) mass is 410 g/mol. The molecule has 0 aromatic heterocycles. The van der Waals surface area contributed by atoms with Crippen molar-refractivity contribution in [3.63, 3.8) is 0 Å². The summed E-state index contributed by atoms with van der Waals surface area (Å²) < 4.78 is 37.0. The first-order chi connectivity index (χ1) is 13.3. The zero-order chi connectivity index (χ0) is 20.7. The molecule has 1 aliphatic heterocycles. The van der Waals surface area contributed by atoms with Crippen molar-refractivity contribution in [2.24, 2.45) is 0 Å². The number of likely N-dealkylation sites (N-methyl/N-ethyl adjacent to an activating group) is 1. The molecule has 0 bridgehead atoms. The van der Waals surface area contributed by atoms with E-state index in [0.717, 1.165) is 5.57 Å². The number of sulfonamides is 1. The van der Waals surface area contributed by atoms with Crippen LogP contribution < -0.4 is 0 Å². The number of carbonyl (C=O) groups is 2. The highest BCUT2D eigenvalue weighted by atomic mass is 32.2. The van der Waals surface area contributed by atoms with Gasteiger partial charge in [-0.15, -0.1) is 0 Å². The summed E-state index contributed by atoms with van der Waals surface area (Å²) in [4.78, 5) is 26.0. The Morgan fingerprint density at radius 2 is 1.96 bits per heavy atom. The molecule has 154 valence electrons. The van der Waals surface area contributed by atoms with Crippen molar-refractivity contribution in [1.29, 1.82) is 0 Å². The van der Waals surface area contributed by atoms with E-state index < -0.39 is 22.6 Å². The lowest BCUT2D eigenvalue weighted by molar-refractivity contribution is -0.133. The van der Waals surface area contributed by atoms with Crippen LogP contribution in [0.4, 0.5) is 0 Å². The van der Waals surface area contributed by atoms with Crippen molar-refractivity contribution in [2.75, 3.05) is 46.0 Å².